The van der Waals surface area contributed by atoms with Crippen molar-refractivity contribution < 1.29 is 22.7 Å². The molecule has 2 amide bonds. The number of benzene rings is 1. The summed E-state index contributed by atoms with van der Waals surface area (Å²) < 4.78 is 43.2. The van der Waals surface area contributed by atoms with Gasteiger partial charge in [-0.05, 0) is 49.4 Å². The maximum absolute atomic E-state index is 12.5. The summed E-state index contributed by atoms with van der Waals surface area (Å²) in [5.74, 6) is 0.685. The lowest BCUT2D eigenvalue weighted by Gasteiger charge is -2.18. The molecule has 126 valence electrons. The fourth-order valence-corrected chi connectivity index (χ4v) is 2.55. The zero-order chi connectivity index (χ0) is 16.4. The molecular formula is C16H19F3N2O2. The van der Waals surface area contributed by atoms with Crippen molar-refractivity contribution in [1.29, 1.82) is 0 Å². The molecule has 1 heterocycles. The average Bonchev–Trinajstić information content (AvgIpc) is 3.21. The molecule has 1 atom stereocenters. The first-order valence-electron chi connectivity index (χ1n) is 7.76. The number of hydrogen-bond donors (Lipinski definition) is 1. The highest BCUT2D eigenvalue weighted by Gasteiger charge is 2.31. The predicted molar refractivity (Wildman–Crippen MR) is 79.1 cm³/mol. The van der Waals surface area contributed by atoms with E-state index in [0.29, 0.717) is 24.7 Å². The Morgan fingerprint density at radius 2 is 1.91 bits per heavy atom. The number of carbonyl (C=O) groups excluding carboxylic acids is 1. The zero-order valence-corrected chi connectivity index (χ0v) is 12.6. The fourth-order valence-electron chi connectivity index (χ4n) is 2.55. The van der Waals surface area contributed by atoms with E-state index in [1.54, 1.807) is 4.90 Å². The van der Waals surface area contributed by atoms with E-state index in [1.807, 2.05) is 0 Å². The fraction of sp³-hybridized carbons (Fsp3) is 0.562. The predicted octanol–water partition coefficient (Wildman–Crippen LogP) is 3.74. The van der Waals surface area contributed by atoms with Gasteiger partial charge >= 0.3 is 12.2 Å². The molecule has 0 bridgehead atoms. The van der Waals surface area contributed by atoms with Crippen LogP contribution < -0.4 is 5.32 Å². The SMILES string of the molecule is O=C(Nc1ccc(C(F)(F)F)cc1)N1CCC(OCC2CC2)C1. The molecule has 0 radical (unpaired) electrons. The maximum atomic E-state index is 12.5. The van der Waals surface area contributed by atoms with Gasteiger partial charge in [0.25, 0.3) is 0 Å². The van der Waals surface area contributed by atoms with Crippen LogP contribution in [0.5, 0.6) is 0 Å². The Morgan fingerprint density at radius 3 is 2.52 bits per heavy atom. The second-order valence-corrected chi connectivity index (χ2v) is 6.14. The molecule has 0 spiro atoms. The summed E-state index contributed by atoms with van der Waals surface area (Å²) in [7, 11) is 0. The second-order valence-electron chi connectivity index (χ2n) is 6.14. The number of rotatable bonds is 4. The van der Waals surface area contributed by atoms with Gasteiger partial charge in [0.15, 0.2) is 0 Å². The van der Waals surface area contributed by atoms with Crippen LogP contribution in [0.2, 0.25) is 0 Å². The lowest BCUT2D eigenvalue weighted by atomic mass is 10.2. The number of amides is 2. The first-order chi connectivity index (χ1) is 10.9. The molecule has 4 nitrogen and oxygen atoms in total. The molecular weight excluding hydrogens is 309 g/mol. The van der Waals surface area contributed by atoms with Crippen LogP contribution in [0.1, 0.15) is 24.8 Å². The van der Waals surface area contributed by atoms with E-state index in [1.165, 1.54) is 25.0 Å². The lowest BCUT2D eigenvalue weighted by molar-refractivity contribution is -0.137. The summed E-state index contributed by atoms with van der Waals surface area (Å²) in [5, 5.41) is 2.62. The number of carbonyl (C=O) groups is 1. The van der Waals surface area contributed by atoms with Gasteiger partial charge in [-0.15, -0.1) is 0 Å². The summed E-state index contributed by atoms with van der Waals surface area (Å²) >= 11 is 0. The van der Waals surface area contributed by atoms with Crippen molar-refractivity contribution in [3.05, 3.63) is 29.8 Å². The van der Waals surface area contributed by atoms with Crippen molar-refractivity contribution in [2.24, 2.45) is 5.92 Å². The molecule has 1 aliphatic heterocycles. The van der Waals surface area contributed by atoms with Crippen LogP contribution in [-0.4, -0.2) is 36.7 Å². The van der Waals surface area contributed by atoms with Crippen LogP contribution in [0.4, 0.5) is 23.7 Å². The highest BCUT2D eigenvalue weighted by Crippen LogP contribution is 2.31. The largest absolute Gasteiger partial charge is 0.416 e. The molecule has 1 saturated heterocycles. The Labute approximate surface area is 132 Å². The number of halogens is 3. The van der Waals surface area contributed by atoms with E-state index in [9.17, 15) is 18.0 Å². The molecule has 1 unspecified atom stereocenters. The zero-order valence-electron chi connectivity index (χ0n) is 12.6. The number of likely N-dealkylation sites (tertiary alicyclic amines) is 1. The second kappa shape index (κ2) is 6.39. The van der Waals surface area contributed by atoms with Crippen molar-refractivity contribution in [1.82, 2.24) is 4.90 Å². The highest BCUT2D eigenvalue weighted by atomic mass is 19.4. The van der Waals surface area contributed by atoms with E-state index >= 15 is 0 Å². The molecule has 1 aliphatic carbocycles. The minimum absolute atomic E-state index is 0.0638. The van der Waals surface area contributed by atoms with Crippen LogP contribution in [-0.2, 0) is 10.9 Å². The van der Waals surface area contributed by atoms with Crippen LogP contribution in [0.3, 0.4) is 0 Å². The van der Waals surface area contributed by atoms with Crippen molar-refractivity contribution in [3.63, 3.8) is 0 Å². The van der Waals surface area contributed by atoms with Crippen molar-refractivity contribution >= 4 is 11.7 Å². The summed E-state index contributed by atoms with van der Waals surface area (Å²) in [5.41, 5.74) is -0.379. The minimum atomic E-state index is -4.37. The summed E-state index contributed by atoms with van der Waals surface area (Å²) in [6, 6.07) is 4.14. The monoisotopic (exact) mass is 328 g/mol. The Morgan fingerprint density at radius 1 is 1.22 bits per heavy atom. The molecule has 1 N–H and O–H groups in total. The van der Waals surface area contributed by atoms with Crippen molar-refractivity contribution in [2.75, 3.05) is 25.0 Å². The van der Waals surface area contributed by atoms with Crippen molar-refractivity contribution in [3.8, 4) is 0 Å². The van der Waals surface area contributed by atoms with Gasteiger partial charge in [-0.3, -0.25) is 0 Å². The van der Waals surface area contributed by atoms with E-state index in [0.717, 1.165) is 25.2 Å². The molecule has 7 heteroatoms. The van der Waals surface area contributed by atoms with E-state index in [-0.39, 0.29) is 12.1 Å². The first kappa shape index (κ1) is 16.1. The number of alkyl halides is 3. The van der Waals surface area contributed by atoms with Crippen LogP contribution in [0, 0.1) is 5.92 Å². The van der Waals surface area contributed by atoms with Crippen LogP contribution >= 0.6 is 0 Å². The Hall–Kier alpha value is -1.76. The normalized spacial score (nSPS) is 21.5. The van der Waals surface area contributed by atoms with Gasteiger partial charge in [-0.25, -0.2) is 4.79 Å². The van der Waals surface area contributed by atoms with Gasteiger partial charge < -0.3 is 15.0 Å². The molecule has 2 fully saturated rings. The third kappa shape index (κ3) is 4.37. The van der Waals surface area contributed by atoms with Crippen LogP contribution in [0.15, 0.2) is 24.3 Å². The van der Waals surface area contributed by atoms with Crippen LogP contribution in [0.25, 0.3) is 0 Å². The van der Waals surface area contributed by atoms with Gasteiger partial charge in [0, 0.05) is 25.4 Å². The number of ether oxygens (including phenoxy) is 1. The third-order valence-electron chi connectivity index (χ3n) is 4.16. The van der Waals surface area contributed by atoms with E-state index < -0.39 is 11.7 Å². The molecule has 1 saturated carbocycles. The lowest BCUT2D eigenvalue weighted by Crippen LogP contribution is -2.34. The first-order valence-corrected chi connectivity index (χ1v) is 7.76. The molecule has 23 heavy (non-hydrogen) atoms. The number of urea groups is 1. The Bertz CT molecular complexity index is 555. The van der Waals surface area contributed by atoms with Gasteiger partial charge in [-0.2, -0.15) is 13.2 Å². The number of anilines is 1. The molecule has 1 aromatic carbocycles. The number of hydrogen-bond acceptors (Lipinski definition) is 2. The standard InChI is InChI=1S/C16H19F3N2O2/c17-16(18,19)12-3-5-13(6-4-12)20-15(22)21-8-7-14(9-21)23-10-11-1-2-11/h3-6,11,14H,1-2,7-10H2,(H,20,22). The smallest absolute Gasteiger partial charge is 0.376 e. The molecule has 1 aromatic rings. The number of nitrogens with zero attached hydrogens (tertiary/aromatic N) is 1. The average molecular weight is 328 g/mol. The topological polar surface area (TPSA) is 41.6 Å². The van der Waals surface area contributed by atoms with Gasteiger partial charge in [0.05, 0.1) is 11.7 Å². The number of nitrogens with one attached hydrogen (secondary N) is 1. The third-order valence-corrected chi connectivity index (χ3v) is 4.16. The van der Waals surface area contributed by atoms with Gasteiger partial charge in [0.1, 0.15) is 0 Å². The highest BCUT2D eigenvalue weighted by molar-refractivity contribution is 5.89. The van der Waals surface area contributed by atoms with Crippen molar-refractivity contribution in [2.45, 2.75) is 31.5 Å². The molecule has 0 aromatic heterocycles. The molecule has 2 aliphatic rings. The summed E-state index contributed by atoms with van der Waals surface area (Å²) in [4.78, 5) is 13.8. The van der Waals surface area contributed by atoms with Gasteiger partial charge in [-0.1, -0.05) is 0 Å². The maximum Gasteiger partial charge on any atom is 0.416 e. The summed E-state index contributed by atoms with van der Waals surface area (Å²) in [6.45, 7) is 1.89. The molecule has 3 rings (SSSR count). The Kier molecular flexibility index (Phi) is 4.48. The Balaban J connectivity index is 1.48. The summed E-state index contributed by atoms with van der Waals surface area (Å²) in [6.07, 6.45) is -1.05. The quantitative estimate of drug-likeness (QED) is 0.915. The van der Waals surface area contributed by atoms with E-state index in [2.05, 4.69) is 5.32 Å². The minimum Gasteiger partial charge on any atom is -0.376 e. The van der Waals surface area contributed by atoms with E-state index in [4.69, 9.17) is 4.74 Å². The van der Waals surface area contributed by atoms with Gasteiger partial charge in [0.2, 0.25) is 0 Å².